The van der Waals surface area contributed by atoms with Crippen molar-refractivity contribution in [2.75, 3.05) is 13.1 Å². The van der Waals surface area contributed by atoms with E-state index in [2.05, 4.69) is 5.32 Å². The summed E-state index contributed by atoms with van der Waals surface area (Å²) in [5.74, 6) is -0.788. The molecular weight excluding hydrogens is 248 g/mol. The minimum absolute atomic E-state index is 0.0212. The molecule has 2 amide bonds. The van der Waals surface area contributed by atoms with Gasteiger partial charge in [0.25, 0.3) is 0 Å². The number of urea groups is 1. The van der Waals surface area contributed by atoms with Crippen molar-refractivity contribution >= 4 is 12.0 Å². The summed E-state index contributed by atoms with van der Waals surface area (Å²) < 4.78 is 0. The maximum Gasteiger partial charge on any atom is 0.326 e. The molecular formula is C13H24N2O4. The second-order valence-corrected chi connectivity index (χ2v) is 5.75. The van der Waals surface area contributed by atoms with Crippen molar-refractivity contribution in [1.29, 1.82) is 0 Å². The molecule has 0 aromatic carbocycles. The summed E-state index contributed by atoms with van der Waals surface area (Å²) in [5.41, 5.74) is 0. The molecule has 0 radical (unpaired) electrons. The van der Waals surface area contributed by atoms with Crippen LogP contribution in [-0.2, 0) is 4.79 Å². The van der Waals surface area contributed by atoms with Crippen molar-refractivity contribution in [1.82, 2.24) is 10.2 Å². The first kappa shape index (κ1) is 15.8. The monoisotopic (exact) mass is 272 g/mol. The van der Waals surface area contributed by atoms with Gasteiger partial charge in [-0.2, -0.15) is 0 Å². The van der Waals surface area contributed by atoms with Gasteiger partial charge in [-0.1, -0.05) is 20.8 Å². The number of hydrogen-bond donors (Lipinski definition) is 3. The van der Waals surface area contributed by atoms with Gasteiger partial charge in [0.1, 0.15) is 6.04 Å². The third-order valence-corrected chi connectivity index (χ3v) is 3.45. The third kappa shape index (κ3) is 4.70. The van der Waals surface area contributed by atoms with Crippen LogP contribution in [0.4, 0.5) is 4.79 Å². The predicted molar refractivity (Wildman–Crippen MR) is 70.8 cm³/mol. The Labute approximate surface area is 113 Å². The largest absolute Gasteiger partial charge is 0.480 e. The van der Waals surface area contributed by atoms with E-state index in [4.69, 9.17) is 5.11 Å². The molecule has 19 heavy (non-hydrogen) atoms. The lowest BCUT2D eigenvalue weighted by atomic mass is 9.97. The molecule has 1 fully saturated rings. The Hall–Kier alpha value is -1.30. The van der Waals surface area contributed by atoms with Crippen LogP contribution in [0, 0.1) is 11.8 Å². The third-order valence-electron chi connectivity index (χ3n) is 3.45. The topological polar surface area (TPSA) is 89.9 Å². The summed E-state index contributed by atoms with van der Waals surface area (Å²) in [6, 6.07) is -1.21. The highest BCUT2D eigenvalue weighted by molar-refractivity contribution is 5.82. The standard InChI is InChI=1S/C13H24N2O4/c1-8(2)6-10(12(17)18)14-13(19)15-5-4-11(16)9(3)7-15/h8-11,16H,4-7H2,1-3H3,(H,14,19)(H,17,18)/t9?,10-,11?/m1/s1. The molecule has 0 bridgehead atoms. The second kappa shape index (κ2) is 6.75. The van der Waals surface area contributed by atoms with Gasteiger partial charge in [0, 0.05) is 13.1 Å². The minimum atomic E-state index is -1.01. The van der Waals surface area contributed by atoms with Gasteiger partial charge in [0.05, 0.1) is 6.10 Å². The lowest BCUT2D eigenvalue weighted by molar-refractivity contribution is -0.139. The first-order valence-corrected chi connectivity index (χ1v) is 6.77. The zero-order valence-electron chi connectivity index (χ0n) is 11.8. The lowest BCUT2D eigenvalue weighted by Crippen LogP contribution is -2.53. The van der Waals surface area contributed by atoms with E-state index in [1.165, 1.54) is 0 Å². The molecule has 6 nitrogen and oxygen atoms in total. The second-order valence-electron chi connectivity index (χ2n) is 5.75. The molecule has 3 N–H and O–H groups in total. The van der Waals surface area contributed by atoms with E-state index >= 15 is 0 Å². The number of hydrogen-bond acceptors (Lipinski definition) is 3. The molecule has 1 aliphatic rings. The molecule has 0 aromatic rings. The van der Waals surface area contributed by atoms with Crippen LogP contribution in [-0.4, -0.2) is 52.3 Å². The first-order valence-electron chi connectivity index (χ1n) is 6.77. The Balaban J connectivity index is 2.55. The average molecular weight is 272 g/mol. The van der Waals surface area contributed by atoms with Crippen LogP contribution >= 0.6 is 0 Å². The van der Waals surface area contributed by atoms with Crippen molar-refractivity contribution in [3.05, 3.63) is 0 Å². The zero-order chi connectivity index (χ0) is 14.6. The molecule has 0 saturated carbocycles. The minimum Gasteiger partial charge on any atom is -0.480 e. The number of carboxylic acid groups (broad SMARTS) is 1. The number of nitrogens with zero attached hydrogens (tertiary/aromatic N) is 1. The molecule has 2 unspecified atom stereocenters. The number of aliphatic hydroxyl groups is 1. The summed E-state index contributed by atoms with van der Waals surface area (Å²) in [4.78, 5) is 24.7. The number of carbonyl (C=O) groups is 2. The number of carbonyl (C=O) groups excluding carboxylic acids is 1. The highest BCUT2D eigenvalue weighted by atomic mass is 16.4. The lowest BCUT2D eigenvalue weighted by Gasteiger charge is -2.35. The van der Waals surface area contributed by atoms with Crippen molar-refractivity contribution in [3.8, 4) is 0 Å². The SMILES string of the molecule is CC(C)C[C@@H](NC(=O)N1CCC(O)C(C)C1)C(=O)O. The zero-order valence-corrected chi connectivity index (χ0v) is 11.8. The van der Waals surface area contributed by atoms with Gasteiger partial charge < -0.3 is 20.4 Å². The van der Waals surface area contributed by atoms with Crippen molar-refractivity contribution in [2.24, 2.45) is 11.8 Å². The molecule has 1 rings (SSSR count). The molecule has 0 aliphatic carbocycles. The number of carboxylic acids is 1. The summed E-state index contributed by atoms with van der Waals surface area (Å²) in [5, 5.41) is 21.3. The molecule has 0 aromatic heterocycles. The average Bonchev–Trinajstić information content (AvgIpc) is 2.31. The highest BCUT2D eigenvalue weighted by Gasteiger charge is 2.29. The van der Waals surface area contributed by atoms with Crippen LogP contribution in [0.15, 0.2) is 0 Å². The fourth-order valence-electron chi connectivity index (χ4n) is 2.25. The van der Waals surface area contributed by atoms with E-state index in [-0.39, 0.29) is 24.0 Å². The number of piperidine rings is 1. The van der Waals surface area contributed by atoms with Gasteiger partial charge >= 0.3 is 12.0 Å². The fraction of sp³-hybridized carbons (Fsp3) is 0.846. The maximum absolute atomic E-state index is 12.0. The maximum atomic E-state index is 12.0. The summed E-state index contributed by atoms with van der Waals surface area (Å²) >= 11 is 0. The molecule has 0 spiro atoms. The van der Waals surface area contributed by atoms with E-state index in [1.54, 1.807) is 4.90 Å². The number of rotatable bonds is 4. The molecule has 1 saturated heterocycles. The van der Waals surface area contributed by atoms with Crippen molar-refractivity contribution < 1.29 is 19.8 Å². The Kier molecular flexibility index (Phi) is 5.60. The van der Waals surface area contributed by atoms with E-state index in [1.807, 2.05) is 20.8 Å². The summed E-state index contributed by atoms with van der Waals surface area (Å²) in [6.07, 6.45) is 0.568. The summed E-state index contributed by atoms with van der Waals surface area (Å²) in [7, 11) is 0. The number of nitrogens with one attached hydrogen (secondary N) is 1. The van der Waals surface area contributed by atoms with E-state index in [9.17, 15) is 14.7 Å². The van der Waals surface area contributed by atoms with Crippen LogP contribution in [0.2, 0.25) is 0 Å². The molecule has 110 valence electrons. The smallest absolute Gasteiger partial charge is 0.326 e. The van der Waals surface area contributed by atoms with Gasteiger partial charge in [-0.3, -0.25) is 0 Å². The van der Waals surface area contributed by atoms with Crippen molar-refractivity contribution in [2.45, 2.75) is 45.8 Å². The number of aliphatic hydroxyl groups excluding tert-OH is 1. The van der Waals surface area contributed by atoms with Crippen LogP contribution < -0.4 is 5.32 Å². The normalized spacial score (nSPS) is 25.2. The Morgan fingerprint density at radius 3 is 2.53 bits per heavy atom. The first-order chi connectivity index (χ1) is 8.81. The fourth-order valence-corrected chi connectivity index (χ4v) is 2.25. The Morgan fingerprint density at radius 1 is 1.42 bits per heavy atom. The number of aliphatic carboxylic acids is 1. The van der Waals surface area contributed by atoms with Gasteiger partial charge in [0.2, 0.25) is 0 Å². The van der Waals surface area contributed by atoms with E-state index in [0.717, 1.165) is 0 Å². The molecule has 3 atom stereocenters. The quantitative estimate of drug-likeness (QED) is 0.709. The van der Waals surface area contributed by atoms with Gasteiger partial charge in [-0.15, -0.1) is 0 Å². The number of amides is 2. The van der Waals surface area contributed by atoms with Crippen molar-refractivity contribution in [3.63, 3.8) is 0 Å². The number of likely N-dealkylation sites (tertiary alicyclic amines) is 1. The van der Waals surface area contributed by atoms with Crippen LogP contribution in [0.25, 0.3) is 0 Å². The van der Waals surface area contributed by atoms with Gasteiger partial charge in [-0.25, -0.2) is 9.59 Å². The van der Waals surface area contributed by atoms with E-state index in [0.29, 0.717) is 25.9 Å². The van der Waals surface area contributed by atoms with Crippen LogP contribution in [0.3, 0.4) is 0 Å². The van der Waals surface area contributed by atoms with Crippen LogP contribution in [0.1, 0.15) is 33.6 Å². The van der Waals surface area contributed by atoms with Gasteiger partial charge in [-0.05, 0) is 24.7 Å². The summed E-state index contributed by atoms with van der Waals surface area (Å²) in [6.45, 7) is 6.64. The highest BCUT2D eigenvalue weighted by Crippen LogP contribution is 2.16. The van der Waals surface area contributed by atoms with E-state index < -0.39 is 12.0 Å². The Bertz CT molecular complexity index is 333. The Morgan fingerprint density at radius 2 is 2.05 bits per heavy atom. The molecule has 6 heteroatoms. The molecule has 1 aliphatic heterocycles. The predicted octanol–water partition coefficient (Wildman–Crippen LogP) is 0.898. The van der Waals surface area contributed by atoms with Gasteiger partial charge in [0.15, 0.2) is 0 Å². The van der Waals surface area contributed by atoms with Crippen LogP contribution in [0.5, 0.6) is 0 Å². The molecule has 1 heterocycles.